The number of hydrogen-bond donors (Lipinski definition) is 0. The van der Waals surface area contributed by atoms with Gasteiger partial charge in [-0.25, -0.2) is 0 Å². The molecular weight excluding hydrogens is 390 g/mol. The summed E-state index contributed by atoms with van der Waals surface area (Å²) in [6.07, 6.45) is 1.93. The Labute approximate surface area is 143 Å². The Morgan fingerprint density at radius 1 is 1.00 bits per heavy atom. The molecule has 2 rings (SSSR count). The van der Waals surface area contributed by atoms with Crippen LogP contribution in [0.15, 0.2) is 62.5 Å². The average Bonchev–Trinajstić information content (AvgIpc) is 2.48. The molecule has 2 aromatic rings. The molecule has 21 heavy (non-hydrogen) atoms. The summed E-state index contributed by atoms with van der Waals surface area (Å²) in [7, 11) is 0. The van der Waals surface area contributed by atoms with Gasteiger partial charge in [0.15, 0.2) is 0 Å². The van der Waals surface area contributed by atoms with Crippen molar-refractivity contribution in [2.45, 2.75) is 32.7 Å². The largest absolute Gasteiger partial charge is 0.281 e. The SMILES string of the molecule is CCC(=NC(CC)c1cccc(Br)c1)c1cccc(Br)c1. The first kappa shape index (κ1) is 16.4. The van der Waals surface area contributed by atoms with Gasteiger partial charge in [0.25, 0.3) is 0 Å². The summed E-state index contributed by atoms with van der Waals surface area (Å²) in [6, 6.07) is 17.0. The molecule has 2 aromatic carbocycles. The van der Waals surface area contributed by atoms with Gasteiger partial charge in [-0.3, -0.25) is 4.99 Å². The molecule has 0 aliphatic carbocycles. The van der Waals surface area contributed by atoms with Gasteiger partial charge in [-0.15, -0.1) is 0 Å². The van der Waals surface area contributed by atoms with Crippen molar-refractivity contribution in [2.24, 2.45) is 4.99 Å². The third-order valence-electron chi connectivity index (χ3n) is 3.42. The van der Waals surface area contributed by atoms with Crippen molar-refractivity contribution >= 4 is 37.6 Å². The van der Waals surface area contributed by atoms with Gasteiger partial charge < -0.3 is 0 Å². The molecule has 1 nitrogen and oxygen atoms in total. The fourth-order valence-electron chi connectivity index (χ4n) is 2.34. The highest BCUT2D eigenvalue weighted by Crippen LogP contribution is 2.25. The van der Waals surface area contributed by atoms with Crippen molar-refractivity contribution in [3.05, 3.63) is 68.6 Å². The fraction of sp³-hybridized carbons (Fsp3) is 0.278. The van der Waals surface area contributed by atoms with Crippen LogP contribution in [0.25, 0.3) is 0 Å². The van der Waals surface area contributed by atoms with Crippen LogP contribution in [0.5, 0.6) is 0 Å². The van der Waals surface area contributed by atoms with E-state index in [2.05, 4.69) is 88.2 Å². The summed E-state index contributed by atoms with van der Waals surface area (Å²) in [5.41, 5.74) is 3.61. The summed E-state index contributed by atoms with van der Waals surface area (Å²) in [5.74, 6) is 0. The summed E-state index contributed by atoms with van der Waals surface area (Å²) in [4.78, 5) is 5.01. The van der Waals surface area contributed by atoms with E-state index in [-0.39, 0.29) is 6.04 Å². The number of hydrogen-bond acceptors (Lipinski definition) is 1. The molecule has 3 heteroatoms. The lowest BCUT2D eigenvalue weighted by atomic mass is 10.0. The first-order valence-corrected chi connectivity index (χ1v) is 8.80. The van der Waals surface area contributed by atoms with Gasteiger partial charge in [-0.1, -0.05) is 70.0 Å². The molecule has 0 saturated heterocycles. The zero-order chi connectivity index (χ0) is 15.2. The second-order valence-electron chi connectivity index (χ2n) is 4.92. The molecule has 0 fully saturated rings. The maximum atomic E-state index is 5.01. The van der Waals surface area contributed by atoms with E-state index >= 15 is 0 Å². The van der Waals surface area contributed by atoms with Gasteiger partial charge in [0.2, 0.25) is 0 Å². The predicted octanol–water partition coefficient (Wildman–Crippen LogP) is 6.56. The number of aliphatic imine (C=N–C) groups is 1. The van der Waals surface area contributed by atoms with E-state index in [4.69, 9.17) is 4.99 Å². The molecular formula is C18H19Br2N. The Kier molecular flexibility index (Phi) is 6.19. The fourth-order valence-corrected chi connectivity index (χ4v) is 3.16. The topological polar surface area (TPSA) is 12.4 Å². The van der Waals surface area contributed by atoms with Crippen LogP contribution in [0.1, 0.15) is 43.9 Å². The third kappa shape index (κ3) is 4.52. The number of nitrogens with zero attached hydrogens (tertiary/aromatic N) is 1. The van der Waals surface area contributed by atoms with Crippen molar-refractivity contribution in [3.8, 4) is 0 Å². The molecule has 0 amide bonds. The zero-order valence-corrected chi connectivity index (χ0v) is 15.5. The minimum Gasteiger partial charge on any atom is -0.281 e. The molecule has 110 valence electrons. The highest BCUT2D eigenvalue weighted by Gasteiger charge is 2.10. The second-order valence-corrected chi connectivity index (χ2v) is 6.75. The van der Waals surface area contributed by atoms with E-state index in [1.165, 1.54) is 11.1 Å². The molecule has 0 radical (unpaired) electrons. The molecule has 1 unspecified atom stereocenters. The van der Waals surface area contributed by atoms with E-state index in [9.17, 15) is 0 Å². The molecule has 1 atom stereocenters. The quantitative estimate of drug-likeness (QED) is 0.496. The Morgan fingerprint density at radius 3 is 2.24 bits per heavy atom. The van der Waals surface area contributed by atoms with Crippen LogP contribution < -0.4 is 0 Å². The third-order valence-corrected chi connectivity index (χ3v) is 4.41. The maximum absolute atomic E-state index is 5.01. The first-order valence-electron chi connectivity index (χ1n) is 7.22. The number of rotatable bonds is 5. The minimum atomic E-state index is 0.205. The van der Waals surface area contributed by atoms with Gasteiger partial charge in [0, 0.05) is 14.7 Å². The molecule has 0 spiro atoms. The Bertz CT molecular complexity index is 635. The highest BCUT2D eigenvalue weighted by molar-refractivity contribution is 9.10. The molecule has 0 N–H and O–H groups in total. The first-order chi connectivity index (χ1) is 10.1. The van der Waals surface area contributed by atoms with Crippen molar-refractivity contribution in [1.29, 1.82) is 0 Å². The number of benzene rings is 2. The van der Waals surface area contributed by atoms with E-state index in [1.54, 1.807) is 0 Å². The lowest BCUT2D eigenvalue weighted by Crippen LogP contribution is -2.04. The van der Waals surface area contributed by atoms with Crippen LogP contribution >= 0.6 is 31.9 Å². The van der Waals surface area contributed by atoms with Crippen LogP contribution in [0.4, 0.5) is 0 Å². The van der Waals surface area contributed by atoms with Crippen molar-refractivity contribution in [1.82, 2.24) is 0 Å². The summed E-state index contributed by atoms with van der Waals surface area (Å²) >= 11 is 7.08. The van der Waals surface area contributed by atoms with Crippen LogP contribution in [-0.2, 0) is 0 Å². The van der Waals surface area contributed by atoms with E-state index in [1.807, 2.05) is 6.07 Å². The van der Waals surface area contributed by atoms with Crippen molar-refractivity contribution in [3.63, 3.8) is 0 Å². The Morgan fingerprint density at radius 2 is 1.67 bits per heavy atom. The van der Waals surface area contributed by atoms with Crippen molar-refractivity contribution in [2.75, 3.05) is 0 Å². The lowest BCUT2D eigenvalue weighted by Gasteiger charge is -2.14. The zero-order valence-electron chi connectivity index (χ0n) is 12.3. The standard InChI is InChI=1S/C18H19Br2N/c1-3-17(13-7-5-9-15(19)11-13)21-18(4-2)14-8-6-10-16(20)12-14/h5-12,17H,3-4H2,1-2H3. The van der Waals surface area contributed by atoms with Gasteiger partial charge >= 0.3 is 0 Å². The monoisotopic (exact) mass is 407 g/mol. The normalized spacial score (nSPS) is 13.2. The molecule has 0 aromatic heterocycles. The van der Waals surface area contributed by atoms with Gasteiger partial charge in [-0.2, -0.15) is 0 Å². The van der Waals surface area contributed by atoms with Crippen LogP contribution in [0.2, 0.25) is 0 Å². The summed E-state index contributed by atoms with van der Waals surface area (Å²) in [6.45, 7) is 4.34. The molecule has 0 bridgehead atoms. The minimum absolute atomic E-state index is 0.205. The maximum Gasteiger partial charge on any atom is 0.0750 e. The average molecular weight is 409 g/mol. The molecule has 0 heterocycles. The predicted molar refractivity (Wildman–Crippen MR) is 98.1 cm³/mol. The lowest BCUT2D eigenvalue weighted by molar-refractivity contribution is 0.699. The van der Waals surface area contributed by atoms with Gasteiger partial charge in [0.05, 0.1) is 6.04 Å². The molecule has 0 saturated carbocycles. The summed E-state index contributed by atoms with van der Waals surface area (Å²) < 4.78 is 2.20. The smallest absolute Gasteiger partial charge is 0.0750 e. The number of halogens is 2. The summed E-state index contributed by atoms with van der Waals surface area (Å²) in [5, 5.41) is 0. The Hall–Kier alpha value is -0.930. The molecule has 0 aliphatic heterocycles. The second kappa shape index (κ2) is 7.90. The van der Waals surface area contributed by atoms with Crippen LogP contribution in [0, 0.1) is 0 Å². The van der Waals surface area contributed by atoms with Gasteiger partial charge in [-0.05, 0) is 48.2 Å². The van der Waals surface area contributed by atoms with E-state index in [0.29, 0.717) is 0 Å². The Balaban J connectivity index is 2.37. The van der Waals surface area contributed by atoms with Crippen LogP contribution in [-0.4, -0.2) is 5.71 Å². The van der Waals surface area contributed by atoms with E-state index < -0.39 is 0 Å². The van der Waals surface area contributed by atoms with Gasteiger partial charge in [0.1, 0.15) is 0 Å². The highest BCUT2D eigenvalue weighted by atomic mass is 79.9. The van der Waals surface area contributed by atoms with Crippen LogP contribution in [0.3, 0.4) is 0 Å². The van der Waals surface area contributed by atoms with Crippen molar-refractivity contribution < 1.29 is 0 Å². The molecule has 0 aliphatic rings. The van der Waals surface area contributed by atoms with E-state index in [0.717, 1.165) is 27.5 Å².